The van der Waals surface area contributed by atoms with Crippen LogP contribution in [0.3, 0.4) is 0 Å². The summed E-state index contributed by atoms with van der Waals surface area (Å²) >= 11 is 0. The van der Waals surface area contributed by atoms with Gasteiger partial charge in [0.2, 0.25) is 5.91 Å². The molecule has 1 atom stereocenters. The van der Waals surface area contributed by atoms with E-state index < -0.39 is 0 Å². The van der Waals surface area contributed by atoms with Crippen molar-refractivity contribution < 1.29 is 4.79 Å². The average molecular weight is 235 g/mol. The van der Waals surface area contributed by atoms with Crippen molar-refractivity contribution >= 4 is 11.6 Å². The smallest absolute Gasteiger partial charge is 0.241 e. The van der Waals surface area contributed by atoms with Crippen LogP contribution in [0.4, 0.5) is 5.69 Å². The van der Waals surface area contributed by atoms with Gasteiger partial charge in [0, 0.05) is 12.2 Å². The molecule has 0 heterocycles. The molecule has 0 aliphatic rings. The molecule has 0 fully saturated rings. The van der Waals surface area contributed by atoms with E-state index in [0.29, 0.717) is 6.54 Å². The number of anilines is 1. The Kier molecular flexibility index (Phi) is 5.12. The molecule has 1 rings (SSSR count). The number of carbonyl (C=O) groups excluding carboxylic acids is 1. The molecule has 0 saturated carbocycles. The summed E-state index contributed by atoms with van der Waals surface area (Å²) in [7, 11) is 1.93. The van der Waals surface area contributed by atoms with Crippen molar-refractivity contribution in [2.75, 3.05) is 18.9 Å². The van der Waals surface area contributed by atoms with Gasteiger partial charge in [0.15, 0.2) is 0 Å². The quantitative estimate of drug-likeness (QED) is 0.811. The third kappa shape index (κ3) is 3.84. The molecular weight excluding hydrogens is 214 g/mol. The van der Waals surface area contributed by atoms with Crippen LogP contribution in [0.5, 0.6) is 0 Å². The fourth-order valence-corrected chi connectivity index (χ4v) is 1.50. The molecule has 1 aromatic rings. The maximum absolute atomic E-state index is 11.9. The number of rotatable bonds is 5. The highest BCUT2D eigenvalue weighted by atomic mass is 16.2. The molecule has 3 N–H and O–H groups in total. The topological polar surface area (TPSA) is 58.4 Å². The van der Waals surface area contributed by atoms with E-state index in [1.54, 1.807) is 0 Å². The van der Waals surface area contributed by atoms with Crippen LogP contribution < -0.4 is 11.1 Å². The van der Waals surface area contributed by atoms with E-state index in [4.69, 9.17) is 5.73 Å². The lowest BCUT2D eigenvalue weighted by atomic mass is 10.2. The Bertz CT molecular complexity index is 379. The van der Waals surface area contributed by atoms with Crippen molar-refractivity contribution in [2.45, 2.75) is 26.4 Å². The zero-order valence-electron chi connectivity index (χ0n) is 10.7. The van der Waals surface area contributed by atoms with Gasteiger partial charge >= 0.3 is 0 Å². The first-order chi connectivity index (χ1) is 8.08. The Labute approximate surface area is 103 Å². The SMILES string of the molecule is CCN(C)C(C)C(=O)Nc1cccc(CN)c1. The number of benzene rings is 1. The molecule has 4 nitrogen and oxygen atoms in total. The van der Waals surface area contributed by atoms with E-state index >= 15 is 0 Å². The summed E-state index contributed by atoms with van der Waals surface area (Å²) in [6, 6.07) is 7.47. The van der Waals surface area contributed by atoms with Gasteiger partial charge < -0.3 is 11.1 Å². The first-order valence-electron chi connectivity index (χ1n) is 5.88. The van der Waals surface area contributed by atoms with Crippen LogP contribution >= 0.6 is 0 Å². The number of nitrogens with two attached hydrogens (primary N) is 1. The second-order valence-corrected chi connectivity index (χ2v) is 4.14. The van der Waals surface area contributed by atoms with Crippen LogP contribution in [0, 0.1) is 0 Å². The number of hydrogen-bond acceptors (Lipinski definition) is 3. The lowest BCUT2D eigenvalue weighted by Gasteiger charge is -2.22. The molecule has 0 aliphatic heterocycles. The number of hydrogen-bond donors (Lipinski definition) is 2. The first kappa shape index (κ1) is 13.7. The number of nitrogens with zero attached hydrogens (tertiary/aromatic N) is 1. The van der Waals surface area contributed by atoms with Crippen molar-refractivity contribution in [2.24, 2.45) is 5.73 Å². The van der Waals surface area contributed by atoms with Gasteiger partial charge in [0.1, 0.15) is 0 Å². The number of nitrogens with one attached hydrogen (secondary N) is 1. The molecule has 17 heavy (non-hydrogen) atoms. The van der Waals surface area contributed by atoms with E-state index in [0.717, 1.165) is 17.8 Å². The van der Waals surface area contributed by atoms with E-state index in [1.165, 1.54) is 0 Å². The van der Waals surface area contributed by atoms with Crippen LogP contribution in [0.1, 0.15) is 19.4 Å². The van der Waals surface area contributed by atoms with Crippen molar-refractivity contribution in [1.29, 1.82) is 0 Å². The van der Waals surface area contributed by atoms with Gasteiger partial charge in [0.25, 0.3) is 0 Å². The molecule has 1 amide bonds. The van der Waals surface area contributed by atoms with Crippen molar-refractivity contribution in [3.63, 3.8) is 0 Å². The van der Waals surface area contributed by atoms with Gasteiger partial charge in [-0.2, -0.15) is 0 Å². The van der Waals surface area contributed by atoms with Gasteiger partial charge in [-0.15, -0.1) is 0 Å². The third-order valence-corrected chi connectivity index (χ3v) is 2.97. The summed E-state index contributed by atoms with van der Waals surface area (Å²) in [5.74, 6) is 0.00326. The summed E-state index contributed by atoms with van der Waals surface area (Å²) in [6.07, 6.45) is 0. The zero-order chi connectivity index (χ0) is 12.8. The maximum Gasteiger partial charge on any atom is 0.241 e. The van der Waals surface area contributed by atoms with Crippen molar-refractivity contribution in [3.8, 4) is 0 Å². The highest BCUT2D eigenvalue weighted by molar-refractivity contribution is 5.94. The monoisotopic (exact) mass is 235 g/mol. The van der Waals surface area contributed by atoms with Crippen LogP contribution in [-0.4, -0.2) is 30.4 Å². The Morgan fingerprint density at radius 2 is 2.24 bits per heavy atom. The Morgan fingerprint density at radius 1 is 1.53 bits per heavy atom. The number of carbonyl (C=O) groups is 1. The van der Waals surface area contributed by atoms with Gasteiger partial charge in [-0.25, -0.2) is 0 Å². The number of likely N-dealkylation sites (N-methyl/N-ethyl adjacent to an activating group) is 1. The molecule has 0 spiro atoms. The Hall–Kier alpha value is -1.39. The normalized spacial score (nSPS) is 12.5. The van der Waals surface area contributed by atoms with E-state index in [2.05, 4.69) is 5.32 Å². The largest absolute Gasteiger partial charge is 0.326 e. The third-order valence-electron chi connectivity index (χ3n) is 2.97. The minimum Gasteiger partial charge on any atom is -0.326 e. The van der Waals surface area contributed by atoms with Gasteiger partial charge in [-0.1, -0.05) is 19.1 Å². The minimum absolute atomic E-state index is 0.00326. The molecule has 0 saturated heterocycles. The fourth-order valence-electron chi connectivity index (χ4n) is 1.50. The summed E-state index contributed by atoms with van der Waals surface area (Å²) in [5, 5.41) is 2.90. The lowest BCUT2D eigenvalue weighted by molar-refractivity contribution is -0.120. The molecule has 1 unspecified atom stereocenters. The van der Waals surface area contributed by atoms with Crippen LogP contribution in [0.25, 0.3) is 0 Å². The first-order valence-corrected chi connectivity index (χ1v) is 5.88. The predicted octanol–water partition coefficient (Wildman–Crippen LogP) is 1.42. The van der Waals surface area contributed by atoms with Crippen molar-refractivity contribution in [3.05, 3.63) is 29.8 Å². The predicted molar refractivity (Wildman–Crippen MR) is 70.7 cm³/mol. The van der Waals surface area contributed by atoms with Crippen LogP contribution in [0.15, 0.2) is 24.3 Å². The highest BCUT2D eigenvalue weighted by Gasteiger charge is 2.16. The van der Waals surface area contributed by atoms with Crippen molar-refractivity contribution in [1.82, 2.24) is 4.90 Å². The van der Waals surface area contributed by atoms with E-state index in [9.17, 15) is 4.79 Å². The molecule has 1 aromatic carbocycles. The average Bonchev–Trinajstić information content (AvgIpc) is 2.37. The van der Waals surface area contributed by atoms with Gasteiger partial charge in [-0.3, -0.25) is 9.69 Å². The second-order valence-electron chi connectivity index (χ2n) is 4.14. The Balaban J connectivity index is 2.67. The molecule has 94 valence electrons. The summed E-state index contributed by atoms with van der Waals surface area (Å²) < 4.78 is 0. The van der Waals surface area contributed by atoms with Crippen LogP contribution in [-0.2, 0) is 11.3 Å². The molecule has 4 heteroatoms. The Morgan fingerprint density at radius 3 is 2.82 bits per heavy atom. The standard InChI is InChI=1S/C13H21N3O/c1-4-16(3)10(2)13(17)15-12-7-5-6-11(8-12)9-14/h5-8,10H,4,9,14H2,1-3H3,(H,15,17). The van der Waals surface area contributed by atoms with Gasteiger partial charge in [-0.05, 0) is 38.2 Å². The van der Waals surface area contributed by atoms with E-state index in [-0.39, 0.29) is 11.9 Å². The zero-order valence-corrected chi connectivity index (χ0v) is 10.7. The molecule has 0 radical (unpaired) electrons. The van der Waals surface area contributed by atoms with Crippen LogP contribution in [0.2, 0.25) is 0 Å². The lowest BCUT2D eigenvalue weighted by Crippen LogP contribution is -2.39. The minimum atomic E-state index is -0.137. The molecular formula is C13H21N3O. The van der Waals surface area contributed by atoms with Gasteiger partial charge in [0.05, 0.1) is 6.04 Å². The fraction of sp³-hybridized carbons (Fsp3) is 0.462. The summed E-state index contributed by atoms with van der Waals surface area (Å²) in [4.78, 5) is 13.9. The molecule has 0 bridgehead atoms. The number of amides is 1. The summed E-state index contributed by atoms with van der Waals surface area (Å²) in [6.45, 7) is 5.25. The second kappa shape index (κ2) is 6.37. The van der Waals surface area contributed by atoms with E-state index in [1.807, 2.05) is 50.1 Å². The maximum atomic E-state index is 11.9. The molecule has 0 aromatic heterocycles. The molecule has 0 aliphatic carbocycles. The highest BCUT2D eigenvalue weighted by Crippen LogP contribution is 2.11. The summed E-state index contributed by atoms with van der Waals surface area (Å²) in [5.41, 5.74) is 7.37.